The van der Waals surface area contributed by atoms with Gasteiger partial charge in [-0.1, -0.05) is 60.7 Å². The quantitative estimate of drug-likeness (QED) is 0.816. The molecule has 0 bridgehead atoms. The molecule has 2 N–H and O–H groups in total. The third-order valence-electron chi connectivity index (χ3n) is 4.21. The number of rotatable bonds is 7. The van der Waals surface area contributed by atoms with Gasteiger partial charge in [0.15, 0.2) is 0 Å². The summed E-state index contributed by atoms with van der Waals surface area (Å²) in [6, 6.07) is 21.5. The Bertz CT molecular complexity index is 536. The summed E-state index contributed by atoms with van der Waals surface area (Å²) >= 11 is 0. The summed E-state index contributed by atoms with van der Waals surface area (Å²) in [6.45, 7) is 0.172. The predicted molar refractivity (Wildman–Crippen MR) is 86.1 cm³/mol. The lowest BCUT2D eigenvalue weighted by molar-refractivity contribution is 0.225. The third-order valence-corrected chi connectivity index (χ3v) is 4.21. The van der Waals surface area contributed by atoms with Gasteiger partial charge in [0.25, 0.3) is 0 Å². The average Bonchev–Trinajstić information content (AvgIpc) is 3.38. The van der Waals surface area contributed by atoms with Gasteiger partial charge in [-0.2, -0.15) is 0 Å². The van der Waals surface area contributed by atoms with Crippen LogP contribution >= 0.6 is 0 Å². The first-order chi connectivity index (χ1) is 10.4. The highest BCUT2D eigenvalue weighted by Gasteiger charge is 2.33. The van der Waals surface area contributed by atoms with E-state index in [1.54, 1.807) is 0 Å². The standard InChI is InChI=1S/C19H23NO/c21-14-18(13-15-7-3-1-4-8-15)20-19(17-11-12-17)16-9-5-2-6-10-16/h1-10,17-21H,11-14H2/t18-,19?/m1/s1. The molecule has 0 amide bonds. The molecule has 2 nitrogen and oxygen atoms in total. The van der Waals surface area contributed by atoms with Gasteiger partial charge in [-0.3, -0.25) is 0 Å². The van der Waals surface area contributed by atoms with Crippen molar-refractivity contribution in [3.8, 4) is 0 Å². The highest BCUT2D eigenvalue weighted by molar-refractivity contribution is 5.22. The minimum Gasteiger partial charge on any atom is -0.395 e. The molecule has 0 radical (unpaired) electrons. The molecule has 2 aromatic rings. The molecule has 1 aliphatic rings. The van der Waals surface area contributed by atoms with Gasteiger partial charge in [0.2, 0.25) is 0 Å². The maximum Gasteiger partial charge on any atom is 0.0588 e. The van der Waals surface area contributed by atoms with Crippen molar-refractivity contribution in [1.29, 1.82) is 0 Å². The lowest BCUT2D eigenvalue weighted by Gasteiger charge is -2.25. The topological polar surface area (TPSA) is 32.3 Å². The summed E-state index contributed by atoms with van der Waals surface area (Å²) in [4.78, 5) is 0. The highest BCUT2D eigenvalue weighted by Crippen LogP contribution is 2.41. The van der Waals surface area contributed by atoms with Crippen LogP contribution in [0.2, 0.25) is 0 Å². The first kappa shape index (κ1) is 14.3. The average molecular weight is 281 g/mol. The van der Waals surface area contributed by atoms with Crippen LogP contribution in [-0.2, 0) is 6.42 Å². The van der Waals surface area contributed by atoms with Gasteiger partial charge >= 0.3 is 0 Å². The maximum absolute atomic E-state index is 9.72. The van der Waals surface area contributed by atoms with Crippen molar-refractivity contribution in [2.24, 2.45) is 5.92 Å². The smallest absolute Gasteiger partial charge is 0.0588 e. The van der Waals surface area contributed by atoms with Crippen molar-refractivity contribution in [2.75, 3.05) is 6.61 Å². The Morgan fingerprint density at radius 3 is 2.14 bits per heavy atom. The van der Waals surface area contributed by atoms with Crippen molar-refractivity contribution in [3.63, 3.8) is 0 Å². The minimum absolute atomic E-state index is 0.109. The Morgan fingerprint density at radius 2 is 1.57 bits per heavy atom. The van der Waals surface area contributed by atoms with Gasteiger partial charge in [0, 0.05) is 12.1 Å². The molecule has 2 aromatic carbocycles. The lowest BCUT2D eigenvalue weighted by atomic mass is 9.99. The number of nitrogens with one attached hydrogen (secondary N) is 1. The number of aliphatic hydroxyl groups excluding tert-OH is 1. The van der Waals surface area contributed by atoms with Crippen molar-refractivity contribution in [1.82, 2.24) is 5.32 Å². The molecule has 2 heteroatoms. The normalized spacial score (nSPS) is 17.4. The number of aliphatic hydroxyl groups is 1. The Morgan fingerprint density at radius 1 is 0.952 bits per heavy atom. The van der Waals surface area contributed by atoms with Crippen LogP contribution in [-0.4, -0.2) is 17.8 Å². The zero-order chi connectivity index (χ0) is 14.5. The van der Waals surface area contributed by atoms with Crippen molar-refractivity contribution < 1.29 is 5.11 Å². The molecule has 0 heterocycles. The van der Waals surface area contributed by atoms with Gasteiger partial charge < -0.3 is 10.4 Å². The summed E-state index contributed by atoms with van der Waals surface area (Å²) in [5.41, 5.74) is 2.61. The van der Waals surface area contributed by atoms with Crippen LogP contribution < -0.4 is 5.32 Å². The van der Waals surface area contributed by atoms with E-state index in [0.717, 1.165) is 12.3 Å². The molecule has 0 spiro atoms. The third kappa shape index (κ3) is 3.93. The van der Waals surface area contributed by atoms with Crippen LogP contribution in [0.3, 0.4) is 0 Å². The summed E-state index contributed by atoms with van der Waals surface area (Å²) < 4.78 is 0. The van der Waals surface area contributed by atoms with Crippen LogP contribution in [0.1, 0.15) is 30.0 Å². The summed E-state index contributed by atoms with van der Waals surface area (Å²) in [5.74, 6) is 0.720. The zero-order valence-electron chi connectivity index (χ0n) is 12.3. The van der Waals surface area contributed by atoms with E-state index in [9.17, 15) is 5.11 Å². The molecule has 21 heavy (non-hydrogen) atoms. The molecule has 1 saturated carbocycles. The summed E-state index contributed by atoms with van der Waals surface area (Å²) in [5, 5.41) is 13.4. The molecule has 1 fully saturated rings. The molecule has 1 unspecified atom stereocenters. The number of hydrogen-bond acceptors (Lipinski definition) is 2. The molecular formula is C19H23NO. The Hall–Kier alpha value is -1.64. The van der Waals surface area contributed by atoms with E-state index in [2.05, 4.69) is 59.9 Å². The summed E-state index contributed by atoms with van der Waals surface area (Å²) in [7, 11) is 0. The molecule has 0 saturated heterocycles. The molecule has 0 aliphatic heterocycles. The second-order valence-corrected chi connectivity index (χ2v) is 5.96. The van der Waals surface area contributed by atoms with Gasteiger partial charge in [0.1, 0.15) is 0 Å². The molecule has 0 aromatic heterocycles. The van der Waals surface area contributed by atoms with Crippen LogP contribution in [0, 0.1) is 5.92 Å². The Balaban J connectivity index is 1.69. The fraction of sp³-hybridized carbons (Fsp3) is 0.368. The number of benzene rings is 2. The predicted octanol–water partition coefficient (Wildman–Crippen LogP) is 3.33. The van der Waals surface area contributed by atoms with Crippen molar-refractivity contribution >= 4 is 0 Å². The first-order valence-electron chi connectivity index (χ1n) is 7.82. The van der Waals surface area contributed by atoms with E-state index < -0.39 is 0 Å². The second-order valence-electron chi connectivity index (χ2n) is 5.96. The van der Waals surface area contributed by atoms with Gasteiger partial charge in [-0.15, -0.1) is 0 Å². The SMILES string of the molecule is OC[C@@H](Cc1ccccc1)NC(c1ccccc1)C1CC1. The fourth-order valence-corrected chi connectivity index (χ4v) is 2.92. The zero-order valence-corrected chi connectivity index (χ0v) is 12.3. The second kappa shape index (κ2) is 6.88. The van der Waals surface area contributed by atoms with Crippen molar-refractivity contribution in [2.45, 2.75) is 31.3 Å². The Labute approximate surface area is 126 Å². The number of hydrogen-bond donors (Lipinski definition) is 2. The Kier molecular flexibility index (Phi) is 4.69. The van der Waals surface area contributed by atoms with Crippen molar-refractivity contribution in [3.05, 3.63) is 71.8 Å². The van der Waals surface area contributed by atoms with E-state index in [1.165, 1.54) is 24.0 Å². The van der Waals surface area contributed by atoms with Gasteiger partial charge in [0.05, 0.1) is 6.61 Å². The maximum atomic E-state index is 9.72. The minimum atomic E-state index is 0.109. The molecule has 110 valence electrons. The molecule has 1 aliphatic carbocycles. The van der Waals surface area contributed by atoms with Gasteiger partial charge in [-0.05, 0) is 36.3 Å². The van der Waals surface area contributed by atoms with E-state index in [-0.39, 0.29) is 12.6 Å². The first-order valence-corrected chi connectivity index (χ1v) is 7.82. The lowest BCUT2D eigenvalue weighted by Crippen LogP contribution is -2.38. The van der Waals surface area contributed by atoms with E-state index in [1.807, 2.05) is 6.07 Å². The van der Waals surface area contributed by atoms with Crippen LogP contribution in [0.25, 0.3) is 0 Å². The molecular weight excluding hydrogens is 258 g/mol. The van der Waals surface area contributed by atoms with Gasteiger partial charge in [-0.25, -0.2) is 0 Å². The summed E-state index contributed by atoms with van der Waals surface area (Å²) in [6.07, 6.45) is 3.44. The monoisotopic (exact) mass is 281 g/mol. The fourth-order valence-electron chi connectivity index (χ4n) is 2.92. The van der Waals surface area contributed by atoms with Crippen LogP contribution in [0.5, 0.6) is 0 Å². The van der Waals surface area contributed by atoms with Crippen LogP contribution in [0.4, 0.5) is 0 Å². The van der Waals surface area contributed by atoms with Crippen LogP contribution in [0.15, 0.2) is 60.7 Å². The van der Waals surface area contributed by atoms with E-state index in [4.69, 9.17) is 0 Å². The van der Waals surface area contributed by atoms with E-state index >= 15 is 0 Å². The largest absolute Gasteiger partial charge is 0.395 e. The molecule has 3 rings (SSSR count). The highest BCUT2D eigenvalue weighted by atomic mass is 16.3. The van der Waals surface area contributed by atoms with E-state index in [0.29, 0.717) is 6.04 Å². The molecule has 2 atom stereocenters.